The lowest BCUT2D eigenvalue weighted by Gasteiger charge is -2.47. The largest absolute Gasteiger partial charge is 0.457 e. The van der Waals surface area contributed by atoms with Crippen LogP contribution in [0.25, 0.3) is 0 Å². The highest BCUT2D eigenvalue weighted by molar-refractivity contribution is 14.1. The van der Waals surface area contributed by atoms with Crippen molar-refractivity contribution in [2.75, 3.05) is 0 Å². The Hall–Kier alpha value is -0.223. The van der Waals surface area contributed by atoms with E-state index in [-0.39, 0.29) is 48.8 Å². The molecular formula is C32H55IO5Si. The lowest BCUT2D eigenvalue weighted by molar-refractivity contribution is -0.160. The van der Waals surface area contributed by atoms with Crippen molar-refractivity contribution in [2.45, 2.75) is 160 Å². The third kappa shape index (κ3) is 9.13. The Bertz CT molecular complexity index is 806. The van der Waals surface area contributed by atoms with Crippen LogP contribution in [0, 0.1) is 11.8 Å². The van der Waals surface area contributed by atoms with E-state index in [1.54, 1.807) is 0 Å². The molecule has 3 aliphatic heterocycles. The van der Waals surface area contributed by atoms with Crippen molar-refractivity contribution in [3.63, 3.8) is 0 Å². The zero-order valence-corrected chi connectivity index (χ0v) is 28.9. The van der Waals surface area contributed by atoms with Crippen LogP contribution in [-0.4, -0.2) is 50.9 Å². The van der Waals surface area contributed by atoms with Gasteiger partial charge >= 0.3 is 5.97 Å². The number of ether oxygens (including phenoxy) is 3. The Morgan fingerprint density at radius 2 is 1.46 bits per heavy atom. The fourth-order valence-corrected chi connectivity index (χ4v) is 13.5. The van der Waals surface area contributed by atoms with E-state index in [1.165, 1.54) is 6.42 Å². The highest BCUT2D eigenvalue weighted by Gasteiger charge is 2.48. The molecule has 0 amide bonds. The van der Waals surface area contributed by atoms with Crippen LogP contribution in [0.3, 0.4) is 0 Å². The molecule has 5 nitrogen and oxygen atoms in total. The lowest BCUT2D eigenvalue weighted by atomic mass is 9.91. The summed E-state index contributed by atoms with van der Waals surface area (Å²) in [6, 6.07) is 0. The minimum atomic E-state index is -2.06. The van der Waals surface area contributed by atoms with Gasteiger partial charge in [-0.15, -0.1) is 0 Å². The topological polar surface area (TPSA) is 54.0 Å². The van der Waals surface area contributed by atoms with Crippen LogP contribution in [0.4, 0.5) is 0 Å². The van der Waals surface area contributed by atoms with Gasteiger partial charge in [-0.05, 0) is 77.6 Å². The number of cyclic esters (lactones) is 1. The minimum Gasteiger partial charge on any atom is -0.457 e. The number of esters is 1. The predicted octanol–water partition coefficient (Wildman–Crippen LogP) is 8.91. The number of rotatable bonds is 6. The normalized spacial score (nSPS) is 36.5. The van der Waals surface area contributed by atoms with E-state index in [4.69, 9.17) is 18.6 Å². The van der Waals surface area contributed by atoms with Gasteiger partial charge in [-0.25, -0.2) is 0 Å². The third-order valence-electron chi connectivity index (χ3n) is 9.30. The van der Waals surface area contributed by atoms with E-state index in [0.717, 1.165) is 38.5 Å². The maximum Gasteiger partial charge on any atom is 0.309 e. The van der Waals surface area contributed by atoms with Crippen LogP contribution in [-0.2, 0) is 23.4 Å². The number of fused-ring (bicyclic) bond motifs is 4. The summed E-state index contributed by atoms with van der Waals surface area (Å²) < 4.78 is 28.6. The Morgan fingerprint density at radius 3 is 2.08 bits per heavy atom. The number of carbonyl (C=O) groups is 1. The highest BCUT2D eigenvalue weighted by Crippen LogP contribution is 2.45. The average Bonchev–Trinajstić information content (AvgIpc) is 2.84. The van der Waals surface area contributed by atoms with Gasteiger partial charge in [-0.2, -0.15) is 0 Å². The van der Waals surface area contributed by atoms with Crippen molar-refractivity contribution >= 4 is 36.9 Å². The molecule has 0 spiro atoms. The molecule has 3 rings (SSSR count). The van der Waals surface area contributed by atoms with Gasteiger partial charge in [0, 0.05) is 5.92 Å². The van der Waals surface area contributed by atoms with E-state index in [0.29, 0.717) is 28.6 Å². The van der Waals surface area contributed by atoms with Crippen LogP contribution >= 0.6 is 22.6 Å². The summed E-state index contributed by atoms with van der Waals surface area (Å²) in [5.41, 5.74) is 1.56. The van der Waals surface area contributed by atoms with E-state index in [9.17, 15) is 4.79 Å². The molecule has 0 unspecified atom stereocenters. The predicted molar refractivity (Wildman–Crippen MR) is 171 cm³/mol. The first-order valence-electron chi connectivity index (χ1n) is 15.6. The molecule has 0 aliphatic carbocycles. The molecule has 2 saturated heterocycles. The Kier molecular flexibility index (Phi) is 13.1. The number of hydrogen-bond donors (Lipinski definition) is 0. The van der Waals surface area contributed by atoms with Crippen LogP contribution in [0.2, 0.25) is 16.6 Å². The van der Waals surface area contributed by atoms with Crippen molar-refractivity contribution in [1.29, 1.82) is 0 Å². The van der Waals surface area contributed by atoms with Crippen LogP contribution in [0.1, 0.15) is 107 Å². The van der Waals surface area contributed by atoms with Gasteiger partial charge in [0.2, 0.25) is 8.32 Å². The van der Waals surface area contributed by atoms with Crippen LogP contribution in [0.15, 0.2) is 22.3 Å². The Morgan fingerprint density at radius 1 is 0.872 bits per heavy atom. The van der Waals surface area contributed by atoms with Crippen LogP contribution < -0.4 is 0 Å². The molecule has 0 saturated carbocycles. The standard InChI is InChI=1S/C32H55IO5Si/c1-21(2)39(22(3)4,23(5)6)38-30-18-28-17-27-11-9-10-26(35-27)16-24(7)12-13-25(8)31(14-15-33)37-32(34)20-29(19-30)36-28/h12-15,21-31H,9-11,16-20H2,1-8H3/b13-12-,15-14+/t24-,25-,26+,27-,28-,29-,30+,31-/m0/s1. The number of carbonyl (C=O) groups excluding carboxylic acids is 1. The second-order valence-corrected chi connectivity index (χ2v) is 19.5. The van der Waals surface area contributed by atoms with Crippen molar-refractivity contribution in [2.24, 2.45) is 11.8 Å². The van der Waals surface area contributed by atoms with E-state index >= 15 is 0 Å². The first kappa shape index (κ1) is 33.3. The molecule has 3 heterocycles. The van der Waals surface area contributed by atoms with Gasteiger partial charge < -0.3 is 18.6 Å². The van der Waals surface area contributed by atoms with Crippen molar-refractivity contribution in [3.8, 4) is 0 Å². The van der Waals surface area contributed by atoms with Gasteiger partial charge in [-0.1, -0.05) is 90.1 Å². The second kappa shape index (κ2) is 15.3. The van der Waals surface area contributed by atoms with E-state index in [1.807, 2.05) is 10.2 Å². The van der Waals surface area contributed by atoms with E-state index < -0.39 is 8.32 Å². The molecule has 7 heteroatoms. The van der Waals surface area contributed by atoms with Crippen molar-refractivity contribution in [3.05, 3.63) is 22.3 Å². The molecule has 39 heavy (non-hydrogen) atoms. The summed E-state index contributed by atoms with van der Waals surface area (Å²) in [5, 5.41) is 0. The van der Waals surface area contributed by atoms with Gasteiger partial charge in [-0.3, -0.25) is 4.79 Å². The first-order valence-corrected chi connectivity index (χ1v) is 19.0. The first-order chi connectivity index (χ1) is 18.4. The fraction of sp³-hybridized carbons (Fsp3) is 0.844. The summed E-state index contributed by atoms with van der Waals surface area (Å²) in [6.45, 7) is 18.4. The maximum absolute atomic E-state index is 13.2. The molecule has 0 aromatic carbocycles. The molecule has 0 radical (unpaired) electrons. The maximum atomic E-state index is 13.2. The molecule has 3 aliphatic rings. The van der Waals surface area contributed by atoms with Gasteiger partial charge in [0.05, 0.1) is 36.9 Å². The quantitative estimate of drug-likeness (QED) is 0.122. The van der Waals surface area contributed by atoms with Gasteiger partial charge in [0.15, 0.2) is 0 Å². The molecule has 4 bridgehead atoms. The van der Waals surface area contributed by atoms with Gasteiger partial charge in [0.25, 0.3) is 0 Å². The Balaban J connectivity index is 1.88. The second-order valence-electron chi connectivity index (χ2n) is 13.4. The highest BCUT2D eigenvalue weighted by atomic mass is 127. The molecule has 0 N–H and O–H groups in total. The third-order valence-corrected chi connectivity index (χ3v) is 15.9. The molecule has 224 valence electrons. The molecule has 2 fully saturated rings. The molecule has 0 aromatic heterocycles. The average molecular weight is 675 g/mol. The van der Waals surface area contributed by atoms with Crippen molar-refractivity contribution < 1.29 is 23.4 Å². The smallest absolute Gasteiger partial charge is 0.309 e. The van der Waals surface area contributed by atoms with Gasteiger partial charge in [0.1, 0.15) is 6.10 Å². The minimum absolute atomic E-state index is 0.0395. The Labute approximate surface area is 253 Å². The van der Waals surface area contributed by atoms with E-state index in [2.05, 4.69) is 90.1 Å². The summed E-state index contributed by atoms with van der Waals surface area (Å²) in [5.74, 6) is 0.327. The number of allylic oxidation sites excluding steroid dienone is 1. The zero-order valence-electron chi connectivity index (χ0n) is 25.7. The monoisotopic (exact) mass is 674 g/mol. The summed E-state index contributed by atoms with van der Waals surface area (Å²) in [6.07, 6.45) is 13.9. The molecule has 8 atom stereocenters. The number of halogens is 1. The SMILES string of the molecule is CC(C)[Si](O[C@H]1C[C@H]2CC(=O)O[C@@H](/C=C/I)[C@@H](C)/C=C\[C@H](C)C[C@H]3CCC[C@@H](C[C@@H](C1)O2)O3)(C(C)C)C(C)C. The summed E-state index contributed by atoms with van der Waals surface area (Å²) >= 11 is 2.21. The zero-order chi connectivity index (χ0) is 28.7. The van der Waals surface area contributed by atoms with Crippen LogP contribution in [0.5, 0.6) is 0 Å². The molecular weight excluding hydrogens is 619 g/mol. The fourth-order valence-electron chi connectivity index (χ4n) is 7.51. The number of hydrogen-bond acceptors (Lipinski definition) is 5. The summed E-state index contributed by atoms with van der Waals surface area (Å²) in [7, 11) is -2.06. The molecule has 0 aromatic rings. The summed E-state index contributed by atoms with van der Waals surface area (Å²) in [4.78, 5) is 13.2. The lowest BCUT2D eigenvalue weighted by Crippen LogP contribution is -2.53. The van der Waals surface area contributed by atoms with Crippen molar-refractivity contribution in [1.82, 2.24) is 0 Å².